The fourth-order valence-corrected chi connectivity index (χ4v) is 2.37. The van der Waals surface area contributed by atoms with Crippen molar-refractivity contribution in [3.8, 4) is 17.3 Å². The number of nitrogens with zero attached hydrogens (tertiary/aromatic N) is 2. The quantitative estimate of drug-likeness (QED) is 0.792. The Morgan fingerprint density at radius 3 is 2.80 bits per heavy atom. The molecule has 0 aliphatic heterocycles. The minimum absolute atomic E-state index is 0.577. The zero-order valence-electron chi connectivity index (χ0n) is 11.3. The summed E-state index contributed by atoms with van der Waals surface area (Å²) in [4.78, 5) is 12.1. The van der Waals surface area contributed by atoms with E-state index in [-0.39, 0.29) is 0 Å². The fourth-order valence-electron chi connectivity index (χ4n) is 2.04. The third kappa shape index (κ3) is 2.34. The summed E-state index contributed by atoms with van der Waals surface area (Å²) in [5.41, 5.74) is 3.47. The molecule has 2 heterocycles. The normalized spacial score (nSPS) is 10.9. The number of nitrogens with one attached hydrogen (secondary N) is 1. The first kappa shape index (κ1) is 12.9. The van der Waals surface area contributed by atoms with E-state index in [1.807, 2.05) is 44.2 Å². The van der Waals surface area contributed by atoms with Gasteiger partial charge in [-0.2, -0.15) is 4.98 Å². The molecule has 20 heavy (non-hydrogen) atoms. The van der Waals surface area contributed by atoms with Crippen molar-refractivity contribution in [1.29, 1.82) is 0 Å². The Balaban J connectivity index is 2.08. The largest absolute Gasteiger partial charge is 0.478 e. The Labute approximate surface area is 121 Å². The molecule has 1 N–H and O–H groups in total. The van der Waals surface area contributed by atoms with Gasteiger partial charge in [0.15, 0.2) is 5.65 Å². The lowest BCUT2D eigenvalue weighted by Crippen LogP contribution is -1.93. The molecular weight excluding hydrogens is 274 g/mol. The maximum absolute atomic E-state index is 6.27. The molecular formula is C15H14ClN3O. The Kier molecular flexibility index (Phi) is 3.32. The van der Waals surface area contributed by atoms with Crippen LogP contribution in [0.25, 0.3) is 22.6 Å². The monoisotopic (exact) mass is 287 g/mol. The second-order valence-electron chi connectivity index (χ2n) is 4.52. The van der Waals surface area contributed by atoms with E-state index in [9.17, 15) is 0 Å². The second-order valence-corrected chi connectivity index (χ2v) is 4.93. The van der Waals surface area contributed by atoms with Crippen molar-refractivity contribution in [2.45, 2.75) is 13.8 Å². The van der Waals surface area contributed by atoms with Crippen LogP contribution in [0.3, 0.4) is 0 Å². The number of aryl methyl sites for hydroxylation is 1. The summed E-state index contributed by atoms with van der Waals surface area (Å²) >= 11 is 6.27. The number of hydrogen-bond donors (Lipinski definition) is 1. The third-order valence-corrected chi connectivity index (χ3v) is 3.30. The minimum atomic E-state index is 0.577. The molecule has 0 aliphatic carbocycles. The molecule has 0 aliphatic rings. The van der Waals surface area contributed by atoms with Crippen LogP contribution in [0.4, 0.5) is 0 Å². The van der Waals surface area contributed by atoms with Crippen LogP contribution in [0.1, 0.15) is 12.5 Å². The van der Waals surface area contributed by atoms with E-state index in [0.29, 0.717) is 29.0 Å². The number of ether oxygens (including phenoxy) is 1. The number of imidazole rings is 1. The first-order valence-electron chi connectivity index (χ1n) is 6.43. The van der Waals surface area contributed by atoms with Crippen molar-refractivity contribution >= 4 is 22.8 Å². The summed E-state index contributed by atoms with van der Waals surface area (Å²) in [6, 6.07) is 9.62. The van der Waals surface area contributed by atoms with Gasteiger partial charge in [0, 0.05) is 11.6 Å². The summed E-state index contributed by atoms with van der Waals surface area (Å²) in [7, 11) is 0. The number of benzene rings is 1. The molecule has 0 amide bonds. The van der Waals surface area contributed by atoms with E-state index >= 15 is 0 Å². The summed E-state index contributed by atoms with van der Waals surface area (Å²) < 4.78 is 5.38. The summed E-state index contributed by atoms with van der Waals surface area (Å²) in [6.45, 7) is 4.51. The van der Waals surface area contributed by atoms with Gasteiger partial charge in [-0.3, -0.25) is 0 Å². The predicted molar refractivity (Wildman–Crippen MR) is 80.2 cm³/mol. The molecule has 0 saturated carbocycles. The van der Waals surface area contributed by atoms with Crippen LogP contribution < -0.4 is 4.74 Å². The zero-order valence-corrected chi connectivity index (χ0v) is 12.0. The first-order chi connectivity index (χ1) is 9.67. The lowest BCUT2D eigenvalue weighted by molar-refractivity contribution is 0.328. The van der Waals surface area contributed by atoms with E-state index in [1.165, 1.54) is 0 Å². The minimum Gasteiger partial charge on any atom is -0.478 e. The second kappa shape index (κ2) is 5.13. The van der Waals surface area contributed by atoms with Crippen molar-refractivity contribution in [2.24, 2.45) is 0 Å². The van der Waals surface area contributed by atoms with Gasteiger partial charge in [0.2, 0.25) is 5.88 Å². The van der Waals surface area contributed by atoms with Crippen molar-refractivity contribution in [3.05, 3.63) is 40.9 Å². The van der Waals surface area contributed by atoms with Gasteiger partial charge in [0.25, 0.3) is 0 Å². The van der Waals surface area contributed by atoms with Crippen LogP contribution in [0.15, 0.2) is 30.3 Å². The molecule has 1 aromatic carbocycles. The van der Waals surface area contributed by atoms with Crippen LogP contribution in [0, 0.1) is 6.92 Å². The van der Waals surface area contributed by atoms with Crippen LogP contribution >= 0.6 is 11.6 Å². The first-order valence-corrected chi connectivity index (χ1v) is 6.81. The van der Waals surface area contributed by atoms with Gasteiger partial charge in [0.1, 0.15) is 5.82 Å². The highest BCUT2D eigenvalue weighted by atomic mass is 35.5. The van der Waals surface area contributed by atoms with Gasteiger partial charge >= 0.3 is 0 Å². The summed E-state index contributed by atoms with van der Waals surface area (Å²) in [6.07, 6.45) is 0. The van der Waals surface area contributed by atoms with E-state index in [2.05, 4.69) is 15.0 Å². The lowest BCUT2D eigenvalue weighted by atomic mass is 10.1. The number of hydrogen-bond acceptors (Lipinski definition) is 3. The van der Waals surface area contributed by atoms with E-state index in [0.717, 1.165) is 16.6 Å². The molecule has 2 aromatic heterocycles. The van der Waals surface area contributed by atoms with Crippen LogP contribution in [-0.2, 0) is 0 Å². The standard InChI is InChI=1S/C15H14ClN3O/c1-3-20-13-7-6-12-15(18-13)19-14(17-12)10-5-4-9(2)8-11(10)16/h4-8H,3H2,1-2H3,(H,17,18,19). The van der Waals surface area contributed by atoms with Gasteiger partial charge < -0.3 is 9.72 Å². The van der Waals surface area contributed by atoms with Gasteiger partial charge in [-0.25, -0.2) is 4.98 Å². The number of H-pyrrole nitrogens is 1. The number of halogens is 1. The summed E-state index contributed by atoms with van der Waals surface area (Å²) in [5.74, 6) is 1.29. The van der Waals surface area contributed by atoms with Crippen molar-refractivity contribution in [1.82, 2.24) is 15.0 Å². The van der Waals surface area contributed by atoms with Gasteiger partial charge in [0.05, 0.1) is 17.1 Å². The van der Waals surface area contributed by atoms with Crippen LogP contribution in [0.5, 0.6) is 5.88 Å². The highest BCUT2D eigenvalue weighted by molar-refractivity contribution is 6.33. The molecule has 4 nitrogen and oxygen atoms in total. The van der Waals surface area contributed by atoms with Crippen LogP contribution in [0.2, 0.25) is 5.02 Å². The molecule has 3 rings (SSSR count). The molecule has 0 unspecified atom stereocenters. The maximum Gasteiger partial charge on any atom is 0.215 e. The molecule has 0 bridgehead atoms. The highest BCUT2D eigenvalue weighted by Gasteiger charge is 2.10. The van der Waals surface area contributed by atoms with Crippen molar-refractivity contribution in [2.75, 3.05) is 6.61 Å². The Hall–Kier alpha value is -2.07. The Bertz CT molecular complexity index is 767. The van der Waals surface area contributed by atoms with Crippen LogP contribution in [-0.4, -0.2) is 21.6 Å². The van der Waals surface area contributed by atoms with E-state index < -0.39 is 0 Å². The van der Waals surface area contributed by atoms with Gasteiger partial charge in [-0.05, 0) is 37.6 Å². The molecule has 5 heteroatoms. The van der Waals surface area contributed by atoms with E-state index in [4.69, 9.17) is 16.3 Å². The fraction of sp³-hybridized carbons (Fsp3) is 0.200. The molecule has 0 spiro atoms. The predicted octanol–water partition coefficient (Wildman–Crippen LogP) is 3.99. The Morgan fingerprint density at radius 1 is 1.20 bits per heavy atom. The van der Waals surface area contributed by atoms with Gasteiger partial charge in [-0.1, -0.05) is 17.7 Å². The molecule has 0 atom stereocenters. The Morgan fingerprint density at radius 2 is 2.05 bits per heavy atom. The topological polar surface area (TPSA) is 50.8 Å². The molecule has 0 fully saturated rings. The average molecular weight is 288 g/mol. The molecule has 3 aromatic rings. The number of fused-ring (bicyclic) bond motifs is 1. The maximum atomic E-state index is 6.27. The molecule has 0 saturated heterocycles. The number of pyridine rings is 1. The SMILES string of the molecule is CCOc1ccc2[nH]c(-c3ccc(C)cc3Cl)nc2n1. The van der Waals surface area contributed by atoms with Gasteiger partial charge in [-0.15, -0.1) is 0 Å². The average Bonchev–Trinajstić information content (AvgIpc) is 2.81. The summed E-state index contributed by atoms with van der Waals surface area (Å²) in [5, 5.41) is 0.675. The third-order valence-electron chi connectivity index (χ3n) is 2.99. The smallest absolute Gasteiger partial charge is 0.215 e. The van der Waals surface area contributed by atoms with E-state index in [1.54, 1.807) is 0 Å². The molecule has 0 radical (unpaired) electrons. The lowest BCUT2D eigenvalue weighted by Gasteiger charge is -2.01. The highest BCUT2D eigenvalue weighted by Crippen LogP contribution is 2.28. The van der Waals surface area contributed by atoms with Crippen molar-refractivity contribution in [3.63, 3.8) is 0 Å². The van der Waals surface area contributed by atoms with Crippen molar-refractivity contribution < 1.29 is 4.74 Å². The zero-order chi connectivity index (χ0) is 14.1. The number of aromatic nitrogens is 3. The molecule has 102 valence electrons. The number of rotatable bonds is 3. The number of aromatic amines is 1.